The maximum absolute atomic E-state index is 12.4. The van der Waals surface area contributed by atoms with Crippen LogP contribution in [-0.2, 0) is 20.4 Å². The lowest BCUT2D eigenvalue weighted by Gasteiger charge is -2.28. The Kier molecular flexibility index (Phi) is 5.73. The molecule has 146 valence electrons. The smallest absolute Gasteiger partial charge is 0.230 e. The van der Waals surface area contributed by atoms with Crippen LogP contribution >= 0.6 is 23.1 Å². The SMILES string of the molecule is O=C(CSCc1nc2ccccc2s1)NC1CS(=O)(=O)CC1N1CCCC1. The van der Waals surface area contributed by atoms with Crippen molar-refractivity contribution in [1.29, 1.82) is 0 Å². The van der Waals surface area contributed by atoms with Crippen LogP contribution in [0.2, 0.25) is 0 Å². The Morgan fingerprint density at radius 2 is 2.04 bits per heavy atom. The summed E-state index contributed by atoms with van der Waals surface area (Å²) in [6, 6.07) is 7.65. The van der Waals surface area contributed by atoms with E-state index in [0.29, 0.717) is 11.5 Å². The van der Waals surface area contributed by atoms with Gasteiger partial charge >= 0.3 is 0 Å². The third-order valence-electron chi connectivity index (χ3n) is 5.08. The van der Waals surface area contributed by atoms with Crippen molar-refractivity contribution < 1.29 is 13.2 Å². The molecule has 4 rings (SSSR count). The molecule has 1 amide bonds. The number of sulfone groups is 1. The van der Waals surface area contributed by atoms with E-state index in [1.54, 1.807) is 11.3 Å². The minimum absolute atomic E-state index is 0.0580. The summed E-state index contributed by atoms with van der Waals surface area (Å²) in [5, 5.41) is 3.98. The molecule has 2 aliphatic heterocycles. The van der Waals surface area contributed by atoms with Crippen LogP contribution in [0.15, 0.2) is 24.3 Å². The van der Waals surface area contributed by atoms with Crippen LogP contribution in [0.1, 0.15) is 17.8 Å². The fourth-order valence-electron chi connectivity index (χ4n) is 3.86. The zero-order valence-corrected chi connectivity index (χ0v) is 17.4. The maximum atomic E-state index is 12.4. The van der Waals surface area contributed by atoms with Gasteiger partial charge in [-0.1, -0.05) is 12.1 Å². The van der Waals surface area contributed by atoms with Gasteiger partial charge in [-0.2, -0.15) is 0 Å². The molecule has 2 saturated heterocycles. The summed E-state index contributed by atoms with van der Waals surface area (Å²) in [7, 11) is -3.08. The molecule has 0 aliphatic carbocycles. The highest BCUT2D eigenvalue weighted by Gasteiger charge is 2.42. The van der Waals surface area contributed by atoms with Crippen molar-refractivity contribution in [1.82, 2.24) is 15.2 Å². The van der Waals surface area contributed by atoms with Crippen LogP contribution in [0.3, 0.4) is 0 Å². The number of rotatable bonds is 6. The lowest BCUT2D eigenvalue weighted by Crippen LogP contribution is -2.50. The zero-order chi connectivity index (χ0) is 18.9. The van der Waals surface area contributed by atoms with E-state index in [4.69, 9.17) is 0 Å². The van der Waals surface area contributed by atoms with Crippen molar-refractivity contribution >= 4 is 49.1 Å². The van der Waals surface area contributed by atoms with E-state index in [0.717, 1.165) is 41.2 Å². The van der Waals surface area contributed by atoms with Crippen LogP contribution in [0, 0.1) is 0 Å². The first kappa shape index (κ1) is 19.2. The summed E-state index contributed by atoms with van der Waals surface area (Å²) < 4.78 is 25.3. The maximum Gasteiger partial charge on any atom is 0.230 e. The van der Waals surface area contributed by atoms with Gasteiger partial charge < -0.3 is 5.32 Å². The highest BCUT2D eigenvalue weighted by atomic mass is 32.2. The highest BCUT2D eigenvalue weighted by molar-refractivity contribution is 7.99. The number of thioether (sulfide) groups is 1. The van der Waals surface area contributed by atoms with E-state index in [2.05, 4.69) is 15.2 Å². The number of nitrogens with zero attached hydrogens (tertiary/aromatic N) is 2. The minimum Gasteiger partial charge on any atom is -0.350 e. The van der Waals surface area contributed by atoms with Crippen LogP contribution in [0.25, 0.3) is 10.2 Å². The number of para-hydroxylation sites is 1. The molecule has 0 spiro atoms. The Labute approximate surface area is 167 Å². The minimum atomic E-state index is -3.08. The van der Waals surface area contributed by atoms with Gasteiger partial charge in [0.05, 0.1) is 33.5 Å². The Hall–Kier alpha value is -1.16. The molecule has 2 atom stereocenters. The van der Waals surface area contributed by atoms with Crippen LogP contribution < -0.4 is 5.32 Å². The number of likely N-dealkylation sites (tertiary alicyclic amines) is 1. The molecule has 2 aromatic rings. The lowest BCUT2D eigenvalue weighted by molar-refractivity contribution is -0.119. The largest absolute Gasteiger partial charge is 0.350 e. The molecule has 3 heterocycles. The monoisotopic (exact) mass is 425 g/mol. The van der Waals surface area contributed by atoms with Crippen molar-refractivity contribution in [3.8, 4) is 0 Å². The van der Waals surface area contributed by atoms with Gasteiger partial charge in [-0.05, 0) is 38.1 Å². The molecule has 2 unspecified atom stereocenters. The van der Waals surface area contributed by atoms with E-state index >= 15 is 0 Å². The molecular weight excluding hydrogens is 402 g/mol. The number of aromatic nitrogens is 1. The fourth-order valence-corrected chi connectivity index (χ4v) is 7.67. The average molecular weight is 426 g/mol. The van der Waals surface area contributed by atoms with Crippen LogP contribution in [-0.4, -0.2) is 66.6 Å². The quantitative estimate of drug-likeness (QED) is 0.762. The Morgan fingerprint density at radius 3 is 2.81 bits per heavy atom. The molecule has 1 aromatic heterocycles. The van der Waals surface area contributed by atoms with Gasteiger partial charge in [-0.15, -0.1) is 23.1 Å². The molecule has 1 aromatic carbocycles. The predicted molar refractivity (Wildman–Crippen MR) is 111 cm³/mol. The Bertz CT molecular complexity index is 889. The molecule has 1 N–H and O–H groups in total. The summed E-state index contributed by atoms with van der Waals surface area (Å²) in [4.78, 5) is 19.2. The van der Waals surface area contributed by atoms with Crippen molar-refractivity contribution in [2.75, 3.05) is 30.3 Å². The van der Waals surface area contributed by atoms with Crippen LogP contribution in [0.4, 0.5) is 0 Å². The normalized spacial score (nSPS) is 25.2. The van der Waals surface area contributed by atoms with Gasteiger partial charge in [-0.25, -0.2) is 13.4 Å². The predicted octanol–water partition coefficient (Wildman–Crippen LogP) is 1.91. The number of thiazole rings is 1. The second kappa shape index (κ2) is 8.06. The molecule has 0 bridgehead atoms. The number of hydrogen-bond acceptors (Lipinski definition) is 7. The summed E-state index contributed by atoms with van der Waals surface area (Å²) in [5.41, 5.74) is 0.993. The zero-order valence-electron chi connectivity index (χ0n) is 15.0. The van der Waals surface area contributed by atoms with Gasteiger partial charge in [0.25, 0.3) is 0 Å². The van der Waals surface area contributed by atoms with E-state index in [9.17, 15) is 13.2 Å². The number of nitrogens with one attached hydrogen (secondary N) is 1. The first-order chi connectivity index (χ1) is 13.0. The molecule has 0 saturated carbocycles. The number of fused-ring (bicyclic) bond motifs is 1. The molecule has 27 heavy (non-hydrogen) atoms. The van der Waals surface area contributed by atoms with Crippen molar-refractivity contribution in [2.45, 2.75) is 30.7 Å². The van der Waals surface area contributed by atoms with Crippen LogP contribution in [0.5, 0.6) is 0 Å². The average Bonchev–Trinajstić information content (AvgIpc) is 3.33. The van der Waals surface area contributed by atoms with Gasteiger partial charge in [0, 0.05) is 11.8 Å². The number of benzene rings is 1. The molecule has 2 aliphatic rings. The molecule has 0 radical (unpaired) electrons. The van der Waals surface area contributed by atoms with E-state index in [1.165, 1.54) is 11.8 Å². The number of hydrogen-bond donors (Lipinski definition) is 1. The second-order valence-electron chi connectivity index (χ2n) is 7.13. The molecule has 9 heteroatoms. The Balaban J connectivity index is 1.30. The molecule has 2 fully saturated rings. The van der Waals surface area contributed by atoms with E-state index in [1.807, 2.05) is 24.3 Å². The number of amides is 1. The standard InChI is InChI=1S/C18H23N3O3S3/c22-17(9-25-10-18-20-13-5-1-2-6-16(13)26-18)19-14-11-27(23,24)12-15(14)21-7-3-4-8-21/h1-2,5-6,14-15H,3-4,7-12H2,(H,19,22). The van der Waals surface area contributed by atoms with Crippen molar-refractivity contribution in [3.05, 3.63) is 29.3 Å². The fraction of sp³-hybridized carbons (Fsp3) is 0.556. The lowest BCUT2D eigenvalue weighted by atomic mass is 10.1. The van der Waals surface area contributed by atoms with Crippen molar-refractivity contribution in [3.63, 3.8) is 0 Å². The topological polar surface area (TPSA) is 79.4 Å². The van der Waals surface area contributed by atoms with Gasteiger partial charge in [-0.3, -0.25) is 9.69 Å². The highest BCUT2D eigenvalue weighted by Crippen LogP contribution is 2.25. The number of carbonyl (C=O) groups is 1. The van der Waals surface area contributed by atoms with Gasteiger partial charge in [0.2, 0.25) is 5.91 Å². The first-order valence-corrected chi connectivity index (χ1v) is 13.0. The van der Waals surface area contributed by atoms with E-state index in [-0.39, 0.29) is 29.5 Å². The third kappa shape index (κ3) is 4.64. The molecule has 6 nitrogen and oxygen atoms in total. The van der Waals surface area contributed by atoms with Gasteiger partial charge in [0.15, 0.2) is 9.84 Å². The first-order valence-electron chi connectivity index (χ1n) is 9.16. The second-order valence-corrected chi connectivity index (χ2v) is 11.4. The Morgan fingerprint density at radius 1 is 1.26 bits per heavy atom. The van der Waals surface area contributed by atoms with Gasteiger partial charge in [0.1, 0.15) is 5.01 Å². The van der Waals surface area contributed by atoms with Crippen molar-refractivity contribution in [2.24, 2.45) is 0 Å². The van der Waals surface area contributed by atoms with E-state index < -0.39 is 9.84 Å². The summed E-state index contributed by atoms with van der Waals surface area (Å²) in [6.07, 6.45) is 2.21. The third-order valence-corrected chi connectivity index (χ3v) is 8.95. The summed E-state index contributed by atoms with van der Waals surface area (Å²) in [6.45, 7) is 1.86. The summed E-state index contributed by atoms with van der Waals surface area (Å²) in [5.74, 6) is 1.14. The molecular formula is C18H23N3O3S3. The number of carbonyl (C=O) groups excluding carboxylic acids is 1. The summed E-state index contributed by atoms with van der Waals surface area (Å²) >= 11 is 3.17.